The van der Waals surface area contributed by atoms with Crippen molar-refractivity contribution in [1.29, 1.82) is 0 Å². The number of aryl methyl sites for hydroxylation is 1. The van der Waals surface area contributed by atoms with Gasteiger partial charge in [0.05, 0.1) is 25.5 Å². The molecule has 0 saturated heterocycles. The number of hydrogen-bond acceptors (Lipinski definition) is 11. The van der Waals surface area contributed by atoms with Gasteiger partial charge in [0.15, 0.2) is 0 Å². The first-order valence-electron chi connectivity index (χ1n) is 19.7. The molecule has 0 aromatic heterocycles. The highest BCUT2D eigenvalue weighted by molar-refractivity contribution is 6.43. The maximum atomic E-state index is 13.3. The van der Waals surface area contributed by atoms with E-state index in [1.807, 2.05) is 12.1 Å². The maximum absolute atomic E-state index is 13.3. The summed E-state index contributed by atoms with van der Waals surface area (Å²) < 4.78 is 0. The number of carbonyl (C=O) groups is 8. The van der Waals surface area contributed by atoms with Crippen LogP contribution in [0.5, 0.6) is 0 Å². The molecule has 0 radical (unpaired) electrons. The molecule has 328 valence electrons. The zero-order valence-electron chi connectivity index (χ0n) is 35.1. The number of nitrogens with zero attached hydrogens (tertiary/aromatic N) is 1. The van der Waals surface area contributed by atoms with Gasteiger partial charge in [0.25, 0.3) is 5.91 Å². The molecule has 6 unspecified atom stereocenters. The normalized spacial score (nSPS) is 13.9. The summed E-state index contributed by atoms with van der Waals surface area (Å²) in [5.74, 6) is -8.14. The number of primary amides is 1. The molecule has 8 amide bonds. The predicted molar refractivity (Wildman–Crippen MR) is 222 cm³/mol. The zero-order valence-corrected chi connectivity index (χ0v) is 35.1. The van der Waals surface area contributed by atoms with E-state index in [-0.39, 0.29) is 5.56 Å². The molecule has 0 saturated carbocycles. The zero-order chi connectivity index (χ0) is 45.3. The summed E-state index contributed by atoms with van der Waals surface area (Å²) in [7, 11) is -0.611. The van der Waals surface area contributed by atoms with Crippen molar-refractivity contribution in [3.8, 4) is 11.1 Å². The third kappa shape index (κ3) is 15.7. The minimum atomic E-state index is -1.92. The highest BCUT2D eigenvalue weighted by Gasteiger charge is 2.34. The average molecular weight is 839 g/mol. The Labute approximate surface area is 350 Å². The molecule has 6 atom stereocenters. The van der Waals surface area contributed by atoms with E-state index in [9.17, 15) is 53.5 Å². The van der Waals surface area contributed by atoms with Gasteiger partial charge >= 0.3 is 7.12 Å². The van der Waals surface area contributed by atoms with Crippen LogP contribution in [0.3, 0.4) is 0 Å². The van der Waals surface area contributed by atoms with Crippen LogP contribution in [0.4, 0.5) is 0 Å². The van der Waals surface area contributed by atoms with Crippen LogP contribution in [0.25, 0.3) is 11.1 Å². The summed E-state index contributed by atoms with van der Waals surface area (Å²) in [6.45, 7) is 7.95. The molecule has 2 rings (SSSR count). The number of nitrogens with one attached hydrogen (secondary N) is 6. The second kappa shape index (κ2) is 24.3. The first kappa shape index (κ1) is 50.3. The number of aliphatic hydroxyl groups excluding tert-OH is 1. The monoisotopic (exact) mass is 838 g/mol. The molecule has 0 aliphatic heterocycles. The number of amides is 8. The molecular weight excluding hydrogens is 779 g/mol. The van der Waals surface area contributed by atoms with Gasteiger partial charge in [-0.25, -0.2) is 0 Å². The molecule has 11 N–H and O–H groups in total. The van der Waals surface area contributed by atoms with Gasteiger partial charge in [-0.3, -0.25) is 38.4 Å². The Hall–Kier alpha value is -5.86. The number of benzene rings is 2. The minimum Gasteiger partial charge on any atom is -0.426 e. The summed E-state index contributed by atoms with van der Waals surface area (Å²) in [6.07, 6.45) is 2.59. The van der Waals surface area contributed by atoms with Crippen LogP contribution in [0.2, 0.25) is 0 Å². The van der Waals surface area contributed by atoms with Gasteiger partial charge in [0, 0.05) is 12.6 Å². The van der Waals surface area contributed by atoms with Crippen LogP contribution in [0, 0.1) is 5.92 Å². The average Bonchev–Trinajstić information content (AvgIpc) is 3.20. The molecular formula is C40H59BN8O11. The summed E-state index contributed by atoms with van der Waals surface area (Å²) in [6, 6.07) is 8.37. The lowest BCUT2D eigenvalue weighted by atomic mass is 9.81. The van der Waals surface area contributed by atoms with E-state index in [1.165, 1.54) is 33.4 Å². The molecule has 0 fully saturated rings. The Morgan fingerprint density at radius 2 is 1.23 bits per heavy atom. The lowest BCUT2D eigenvalue weighted by Gasteiger charge is -2.31. The van der Waals surface area contributed by atoms with Gasteiger partial charge in [-0.1, -0.05) is 63.6 Å². The minimum absolute atomic E-state index is 0.245. The summed E-state index contributed by atoms with van der Waals surface area (Å²) in [5, 5.41) is 42.6. The van der Waals surface area contributed by atoms with E-state index in [1.54, 1.807) is 38.1 Å². The third-order valence-corrected chi connectivity index (χ3v) is 9.54. The Balaban J connectivity index is 1.94. The molecule has 2 aromatic carbocycles. The van der Waals surface area contributed by atoms with Gasteiger partial charge in [-0.15, -0.1) is 0 Å². The molecule has 20 heteroatoms. The van der Waals surface area contributed by atoms with Crippen LogP contribution in [-0.2, 0) is 40.0 Å². The molecule has 60 heavy (non-hydrogen) atoms. The Morgan fingerprint density at radius 1 is 0.700 bits per heavy atom. The molecule has 0 spiro atoms. The summed E-state index contributed by atoms with van der Waals surface area (Å²) >= 11 is 0. The van der Waals surface area contributed by atoms with E-state index in [0.29, 0.717) is 0 Å². The fourth-order valence-corrected chi connectivity index (χ4v) is 5.87. The van der Waals surface area contributed by atoms with E-state index in [2.05, 4.69) is 51.0 Å². The number of rotatable bonds is 23. The van der Waals surface area contributed by atoms with Crippen molar-refractivity contribution in [3.63, 3.8) is 0 Å². The van der Waals surface area contributed by atoms with Gasteiger partial charge in [-0.05, 0) is 68.4 Å². The molecule has 0 aliphatic carbocycles. The van der Waals surface area contributed by atoms with Crippen molar-refractivity contribution in [2.24, 2.45) is 11.7 Å². The van der Waals surface area contributed by atoms with Crippen LogP contribution in [0.15, 0.2) is 48.5 Å². The van der Waals surface area contributed by atoms with Crippen molar-refractivity contribution in [3.05, 3.63) is 59.7 Å². The van der Waals surface area contributed by atoms with E-state index < -0.39 is 116 Å². The first-order chi connectivity index (χ1) is 28.2. The fraction of sp³-hybridized carbons (Fsp3) is 0.500. The van der Waals surface area contributed by atoms with Gasteiger partial charge in [0.2, 0.25) is 41.4 Å². The highest BCUT2D eigenvalue weighted by Crippen LogP contribution is 2.21. The van der Waals surface area contributed by atoms with Crippen molar-refractivity contribution in [2.45, 2.75) is 103 Å². The number of unbranched alkanes of at least 4 members (excludes halogenated alkanes) is 1. The van der Waals surface area contributed by atoms with Gasteiger partial charge in [-0.2, -0.15) is 0 Å². The number of carbonyl (C=O) groups excluding carboxylic acids is 8. The molecule has 0 heterocycles. The molecule has 2 aromatic rings. The van der Waals surface area contributed by atoms with Crippen LogP contribution in [0.1, 0.15) is 76.7 Å². The second-order valence-corrected chi connectivity index (χ2v) is 14.9. The van der Waals surface area contributed by atoms with Gasteiger partial charge < -0.3 is 57.7 Å². The largest absolute Gasteiger partial charge is 0.475 e. The Kier molecular flexibility index (Phi) is 20.4. The summed E-state index contributed by atoms with van der Waals surface area (Å²) in [4.78, 5) is 103. The quantitative estimate of drug-likeness (QED) is 0.0562. The van der Waals surface area contributed by atoms with E-state index >= 15 is 0 Å². The highest BCUT2D eigenvalue weighted by atomic mass is 16.4. The summed E-state index contributed by atoms with van der Waals surface area (Å²) in [5.41, 5.74) is 8.56. The van der Waals surface area contributed by atoms with Gasteiger partial charge in [0.1, 0.15) is 30.2 Å². The van der Waals surface area contributed by atoms with Crippen molar-refractivity contribution >= 4 is 54.4 Å². The van der Waals surface area contributed by atoms with Crippen molar-refractivity contribution in [1.82, 2.24) is 36.8 Å². The van der Waals surface area contributed by atoms with Crippen LogP contribution < -0.4 is 37.6 Å². The van der Waals surface area contributed by atoms with Crippen LogP contribution >= 0.6 is 0 Å². The third-order valence-electron chi connectivity index (χ3n) is 9.54. The lowest BCUT2D eigenvalue weighted by molar-refractivity contribution is -0.142. The van der Waals surface area contributed by atoms with Crippen molar-refractivity contribution < 1.29 is 53.5 Å². The SMILES string of the molecule is CCCCc1ccc(-c2ccc(C(=O)NC(CO)C(=O)NC(C)C(=O)NCC(=O)N(C)C(C(=O)NC(C)C(=O)NC(CC(N)=O)C(=O)NC(C)B(O)O)C(C)C)cc2)cc1. The lowest BCUT2D eigenvalue weighted by Crippen LogP contribution is -2.59. The second-order valence-electron chi connectivity index (χ2n) is 14.9. The predicted octanol–water partition coefficient (Wildman–Crippen LogP) is -1.73. The molecule has 19 nitrogen and oxygen atoms in total. The van der Waals surface area contributed by atoms with Crippen molar-refractivity contribution in [2.75, 3.05) is 20.2 Å². The van der Waals surface area contributed by atoms with Crippen LogP contribution in [-0.4, -0.2) is 131 Å². The Morgan fingerprint density at radius 3 is 1.75 bits per heavy atom. The van der Waals surface area contributed by atoms with E-state index in [4.69, 9.17) is 5.73 Å². The molecule has 0 bridgehead atoms. The topological polar surface area (TPSA) is 299 Å². The smallest absolute Gasteiger partial charge is 0.426 e. The number of likely N-dealkylation sites (N-methyl/N-ethyl adjacent to an activating group) is 1. The maximum Gasteiger partial charge on any atom is 0.475 e. The first-order valence-corrected chi connectivity index (χ1v) is 19.7. The number of hydrogen-bond donors (Lipinski definition) is 10. The Bertz CT molecular complexity index is 1810. The number of nitrogens with two attached hydrogens (primary N) is 1. The number of aliphatic hydroxyl groups is 1. The fourth-order valence-electron chi connectivity index (χ4n) is 5.87. The standard InChI is InChI=1S/C40H59BN8O11/c1-8-9-10-26-11-13-27(14-12-26)28-15-17-29(18-16-28)37(55)48-31(21-50)39(57)44-23(4)35(53)43-20-33(52)49(7)34(22(2)3)40(58)45-24(5)36(54)47-30(19-32(42)51)38(56)46-25(6)41(59)60/h11-18,22-25,30-31,34,50,59-60H,8-10,19-21H2,1-7H3,(H2,42,51)(H,43,53)(H,44,57)(H,45,58)(H,46,56)(H,47,54)(H,48,55). The molecule has 0 aliphatic rings. The van der Waals surface area contributed by atoms with E-state index in [0.717, 1.165) is 35.3 Å².